The third kappa shape index (κ3) is 5.37. The van der Waals surface area contributed by atoms with E-state index in [1.165, 1.54) is 0 Å². The Morgan fingerprint density at radius 1 is 1.20 bits per heavy atom. The number of hydrogen-bond donors (Lipinski definition) is 2. The summed E-state index contributed by atoms with van der Waals surface area (Å²) in [6, 6.07) is 8.07. The third-order valence-corrected chi connectivity index (χ3v) is 5.78. The molecule has 0 spiro atoms. The Morgan fingerprint density at radius 3 is 2.47 bits per heavy atom. The Morgan fingerprint density at radius 2 is 1.87 bits per heavy atom. The van der Waals surface area contributed by atoms with Gasteiger partial charge >= 0.3 is 6.03 Å². The Bertz CT molecular complexity index is 761. The number of carbonyl (C=O) groups excluding carboxylic acids is 3. The van der Waals surface area contributed by atoms with Crippen LogP contribution in [0.2, 0.25) is 0 Å². The molecule has 0 aliphatic carbocycles. The molecule has 1 aromatic rings. The van der Waals surface area contributed by atoms with Crippen LogP contribution in [-0.2, 0) is 24.5 Å². The smallest absolute Gasteiger partial charge is 0.318 e. The van der Waals surface area contributed by atoms with Gasteiger partial charge in [0.25, 0.3) is 0 Å². The van der Waals surface area contributed by atoms with Gasteiger partial charge in [-0.05, 0) is 24.3 Å². The zero-order chi connectivity index (χ0) is 21.7. The number of ketones is 1. The van der Waals surface area contributed by atoms with Crippen LogP contribution in [0.4, 0.5) is 4.79 Å². The van der Waals surface area contributed by atoms with E-state index in [4.69, 9.17) is 9.47 Å². The van der Waals surface area contributed by atoms with E-state index in [9.17, 15) is 14.4 Å². The molecule has 0 radical (unpaired) electrons. The molecule has 0 saturated carbocycles. The van der Waals surface area contributed by atoms with Crippen molar-refractivity contribution in [3.05, 3.63) is 35.9 Å². The Kier molecular flexibility index (Phi) is 7.10. The number of rotatable bonds is 6. The molecule has 2 aliphatic heterocycles. The van der Waals surface area contributed by atoms with E-state index in [2.05, 4.69) is 10.6 Å². The molecule has 2 aliphatic rings. The molecule has 3 rings (SSSR count). The van der Waals surface area contributed by atoms with Gasteiger partial charge in [0, 0.05) is 13.1 Å². The van der Waals surface area contributed by atoms with E-state index >= 15 is 0 Å². The number of amides is 3. The first kappa shape index (κ1) is 22.2. The number of urea groups is 1. The molecule has 8 heteroatoms. The molecule has 2 N–H and O–H groups in total. The summed E-state index contributed by atoms with van der Waals surface area (Å²) in [7, 11) is 0. The highest BCUT2D eigenvalue weighted by Crippen LogP contribution is 2.28. The van der Waals surface area contributed by atoms with Crippen LogP contribution >= 0.6 is 0 Å². The number of carbonyl (C=O) groups is 3. The maximum atomic E-state index is 13.1. The van der Waals surface area contributed by atoms with Crippen molar-refractivity contribution in [2.45, 2.75) is 50.8 Å². The molecule has 0 bridgehead atoms. The van der Waals surface area contributed by atoms with Crippen molar-refractivity contribution in [2.24, 2.45) is 0 Å². The molecular weight excluding hydrogens is 386 g/mol. The van der Waals surface area contributed by atoms with Gasteiger partial charge in [-0.1, -0.05) is 44.2 Å². The van der Waals surface area contributed by atoms with Gasteiger partial charge in [-0.3, -0.25) is 9.59 Å². The van der Waals surface area contributed by atoms with Crippen LogP contribution in [0.15, 0.2) is 30.3 Å². The van der Waals surface area contributed by atoms with Crippen LogP contribution in [0.1, 0.15) is 32.8 Å². The molecule has 0 aromatic heterocycles. The second-order valence-electron chi connectivity index (χ2n) is 8.52. The monoisotopic (exact) mass is 417 g/mol. The number of hydrogen-bond acceptors (Lipinski definition) is 5. The molecule has 1 aromatic carbocycles. The first-order chi connectivity index (χ1) is 14.3. The number of ether oxygens (including phenoxy) is 2. The van der Waals surface area contributed by atoms with Crippen molar-refractivity contribution in [3.8, 4) is 0 Å². The first-order valence-electron chi connectivity index (χ1n) is 10.4. The summed E-state index contributed by atoms with van der Waals surface area (Å²) < 4.78 is 10.6. The molecule has 3 amide bonds. The lowest BCUT2D eigenvalue weighted by molar-refractivity contribution is -0.127. The Hall–Kier alpha value is -2.45. The fraction of sp³-hybridized carbons (Fsp3) is 0.591. The zero-order valence-electron chi connectivity index (χ0n) is 17.8. The summed E-state index contributed by atoms with van der Waals surface area (Å²) >= 11 is 0. The predicted octanol–water partition coefficient (Wildman–Crippen LogP) is 1.24. The van der Waals surface area contributed by atoms with Gasteiger partial charge in [0.15, 0.2) is 5.78 Å². The van der Waals surface area contributed by atoms with Gasteiger partial charge in [0.1, 0.15) is 18.7 Å². The van der Waals surface area contributed by atoms with E-state index in [-0.39, 0.29) is 35.8 Å². The summed E-state index contributed by atoms with van der Waals surface area (Å²) in [5.41, 5.74) is 0.695. The maximum absolute atomic E-state index is 13.1. The maximum Gasteiger partial charge on any atom is 0.318 e. The van der Waals surface area contributed by atoms with Crippen molar-refractivity contribution in [2.75, 3.05) is 32.9 Å². The van der Waals surface area contributed by atoms with Gasteiger partial charge in [0.2, 0.25) is 5.91 Å². The number of nitrogens with zero attached hydrogens (tertiary/aromatic N) is 1. The second kappa shape index (κ2) is 9.57. The predicted molar refractivity (Wildman–Crippen MR) is 111 cm³/mol. The SMILES string of the molecule is C[C@@H]1OCC(=O)[C@H]1NC(=O)C(CC(C)(C)c1ccccc1)NC(=O)N1CCOCC1. The second-order valence-corrected chi connectivity index (χ2v) is 8.52. The Labute approximate surface area is 177 Å². The normalized spacial score (nSPS) is 23.2. The highest BCUT2D eigenvalue weighted by Gasteiger charge is 2.38. The molecule has 2 saturated heterocycles. The summed E-state index contributed by atoms with van der Waals surface area (Å²) in [5.74, 6) is -0.534. The molecule has 8 nitrogen and oxygen atoms in total. The molecule has 30 heavy (non-hydrogen) atoms. The summed E-state index contributed by atoms with van der Waals surface area (Å²) in [4.78, 5) is 39.6. The number of morpholine rings is 1. The van der Waals surface area contributed by atoms with Gasteiger partial charge in [0.05, 0.1) is 19.3 Å². The van der Waals surface area contributed by atoms with Gasteiger partial charge in [-0.25, -0.2) is 4.79 Å². The first-order valence-corrected chi connectivity index (χ1v) is 10.4. The van der Waals surface area contributed by atoms with E-state index in [0.717, 1.165) is 5.56 Å². The van der Waals surface area contributed by atoms with E-state index in [1.807, 2.05) is 44.2 Å². The number of nitrogens with one attached hydrogen (secondary N) is 2. The fourth-order valence-corrected chi connectivity index (χ4v) is 3.85. The standard InChI is InChI=1S/C22H31N3O5/c1-15-19(18(26)14-30-15)24-20(27)17(23-21(28)25-9-11-29-12-10-25)13-22(2,3)16-7-5-4-6-8-16/h4-8,15,17,19H,9-14H2,1-3H3,(H,23,28)(H,24,27)/t15-,17?,19-/m0/s1. The Balaban J connectivity index is 1.75. The summed E-state index contributed by atoms with van der Waals surface area (Å²) in [6.07, 6.45) is -0.00565. The average Bonchev–Trinajstić information content (AvgIpc) is 3.06. The molecule has 1 unspecified atom stereocenters. The van der Waals surface area contributed by atoms with Gasteiger partial charge in [-0.15, -0.1) is 0 Å². The zero-order valence-corrected chi connectivity index (χ0v) is 17.8. The van der Waals surface area contributed by atoms with Crippen LogP contribution in [0.3, 0.4) is 0 Å². The quantitative estimate of drug-likeness (QED) is 0.726. The van der Waals surface area contributed by atoms with Gasteiger partial charge in [-0.2, -0.15) is 0 Å². The van der Waals surface area contributed by atoms with Crippen LogP contribution in [0.25, 0.3) is 0 Å². The lowest BCUT2D eigenvalue weighted by Crippen LogP contribution is -2.57. The molecule has 2 fully saturated rings. The van der Waals surface area contributed by atoms with Crippen LogP contribution in [-0.4, -0.2) is 73.7 Å². The minimum Gasteiger partial charge on any atom is -0.378 e. The van der Waals surface area contributed by atoms with Crippen molar-refractivity contribution < 1.29 is 23.9 Å². The molecule has 2 heterocycles. The summed E-state index contributed by atoms with van der Waals surface area (Å²) in [5, 5.41) is 5.67. The van der Waals surface area contributed by atoms with Crippen LogP contribution < -0.4 is 10.6 Å². The highest BCUT2D eigenvalue weighted by molar-refractivity contribution is 5.94. The minimum atomic E-state index is -0.795. The topological polar surface area (TPSA) is 97.0 Å². The minimum absolute atomic E-state index is 0.00751. The van der Waals surface area contributed by atoms with Crippen LogP contribution in [0, 0.1) is 0 Å². The number of Topliss-reactive ketones (excluding diaryl/α,β-unsaturated/α-hetero) is 1. The molecule has 3 atom stereocenters. The highest BCUT2D eigenvalue weighted by atomic mass is 16.5. The van der Waals surface area contributed by atoms with Crippen LogP contribution in [0.5, 0.6) is 0 Å². The largest absolute Gasteiger partial charge is 0.378 e. The lowest BCUT2D eigenvalue weighted by atomic mass is 9.79. The van der Waals surface area contributed by atoms with Crippen molar-refractivity contribution in [1.29, 1.82) is 0 Å². The van der Waals surface area contributed by atoms with E-state index < -0.39 is 12.1 Å². The fourth-order valence-electron chi connectivity index (χ4n) is 3.85. The number of benzene rings is 1. The molecule has 164 valence electrons. The van der Waals surface area contributed by atoms with Crippen molar-refractivity contribution >= 4 is 17.7 Å². The lowest BCUT2D eigenvalue weighted by Gasteiger charge is -2.33. The van der Waals surface area contributed by atoms with Crippen molar-refractivity contribution in [3.63, 3.8) is 0 Å². The molecular formula is C22H31N3O5. The van der Waals surface area contributed by atoms with Gasteiger partial charge < -0.3 is 25.0 Å². The third-order valence-electron chi connectivity index (χ3n) is 5.78. The van der Waals surface area contributed by atoms with E-state index in [0.29, 0.717) is 32.7 Å². The average molecular weight is 418 g/mol. The summed E-state index contributed by atoms with van der Waals surface area (Å²) in [6.45, 7) is 7.74. The van der Waals surface area contributed by atoms with Crippen molar-refractivity contribution in [1.82, 2.24) is 15.5 Å². The van der Waals surface area contributed by atoms with E-state index in [1.54, 1.807) is 11.8 Å².